The Bertz CT molecular complexity index is 2580. The number of hydrogen-bond acceptors (Lipinski definition) is 8. The molecule has 0 spiro atoms. The number of halogens is 7. The third kappa shape index (κ3) is 6.10. The lowest BCUT2D eigenvalue weighted by Crippen LogP contribution is -2.37. The molecule has 288 valence electrons. The highest BCUT2D eigenvalue weighted by atomic mass is 35.5. The molecule has 0 saturated heterocycles. The van der Waals surface area contributed by atoms with Crippen LogP contribution in [-0.2, 0) is 39.0 Å². The number of carbonyl (C=O) groups is 2. The summed E-state index contributed by atoms with van der Waals surface area (Å²) in [5, 5.41) is 13.9. The van der Waals surface area contributed by atoms with Gasteiger partial charge in [-0.2, -0.15) is 19.0 Å². The molecule has 8 rings (SSSR count). The first-order chi connectivity index (χ1) is 25.8. The summed E-state index contributed by atoms with van der Waals surface area (Å²) >= 11 is 6.59. The second-order valence-corrected chi connectivity index (χ2v) is 15.9. The normalized spacial score (nSPS) is 19.3. The van der Waals surface area contributed by atoms with Crippen molar-refractivity contribution >= 4 is 61.7 Å². The fourth-order valence-electron chi connectivity index (χ4n) is 7.90. The number of rotatable bonds is 10. The number of pyridine rings is 1. The van der Waals surface area contributed by atoms with Gasteiger partial charge < -0.3 is 16.4 Å². The van der Waals surface area contributed by atoms with Crippen LogP contribution in [0.2, 0.25) is 5.02 Å². The van der Waals surface area contributed by atoms with Gasteiger partial charge in [-0.05, 0) is 48.6 Å². The number of aromatic nitrogens is 5. The predicted molar refractivity (Wildman–Crippen MR) is 188 cm³/mol. The van der Waals surface area contributed by atoms with Crippen LogP contribution in [-0.4, -0.2) is 57.6 Å². The fourth-order valence-corrected chi connectivity index (χ4v) is 8.64. The number of alkyl halides is 4. The van der Waals surface area contributed by atoms with Crippen molar-refractivity contribution in [1.82, 2.24) is 24.5 Å². The Morgan fingerprint density at radius 1 is 1.11 bits per heavy atom. The van der Waals surface area contributed by atoms with E-state index in [1.807, 2.05) is 0 Å². The minimum atomic E-state index is -3.89. The lowest BCUT2D eigenvalue weighted by molar-refractivity contribution is -0.122. The van der Waals surface area contributed by atoms with Crippen LogP contribution in [0.5, 0.6) is 0 Å². The van der Waals surface area contributed by atoms with Crippen molar-refractivity contribution in [2.24, 2.45) is 18.7 Å². The fraction of sp³-hybridized carbons (Fsp3) is 0.324. The van der Waals surface area contributed by atoms with Gasteiger partial charge in [-0.3, -0.25) is 19.0 Å². The van der Waals surface area contributed by atoms with E-state index in [0.29, 0.717) is 10.7 Å². The minimum absolute atomic E-state index is 0.0391. The van der Waals surface area contributed by atoms with Gasteiger partial charge in [0.25, 0.3) is 12.3 Å². The van der Waals surface area contributed by atoms with E-state index in [4.69, 9.17) is 22.3 Å². The van der Waals surface area contributed by atoms with Gasteiger partial charge in [0, 0.05) is 41.6 Å². The number of benzene rings is 2. The van der Waals surface area contributed by atoms with Gasteiger partial charge in [-0.15, -0.1) is 0 Å². The van der Waals surface area contributed by atoms with Gasteiger partial charge in [0.1, 0.15) is 29.1 Å². The molecule has 5 N–H and O–H groups in total. The van der Waals surface area contributed by atoms with Crippen molar-refractivity contribution in [3.05, 3.63) is 81.3 Å². The molecule has 5 aromatic rings. The van der Waals surface area contributed by atoms with E-state index in [-0.39, 0.29) is 74.2 Å². The SMILES string of the molecule is Cn1nc(NS(C)(=O)=O)c2c(Cl)ccc(-c3cc4c(nc3[C@@H](Cc3cc(F)cc(F)c3)C(C(N)=O)n3nc(C(F)F)c5c3C(F)(F)[C@@H]3C[C@H]53)NCC(=O)N4)c21. The van der Waals surface area contributed by atoms with Crippen LogP contribution >= 0.6 is 11.6 Å². The van der Waals surface area contributed by atoms with E-state index >= 15 is 8.78 Å². The Balaban J connectivity index is 1.44. The highest BCUT2D eigenvalue weighted by molar-refractivity contribution is 7.92. The molecule has 55 heavy (non-hydrogen) atoms. The molecular formula is C34H28ClF6N9O4S. The standard InChI is InChI=1S/C34H28ClF6N9O4S/c1-49-27-15(3-4-20(35)24(27)33(47-49)48-55(2,53)54)16-10-21-32(43-11-22(51)44-21)45-25(16)18(7-12-5-13(36)8-14(37)6-12)28(31(42)52)50-29-23(26(46-50)30(38)39)17-9-19(17)34(29,40)41/h3-6,8,10,17-19,28,30H,7,9,11H2,1-2H3,(H2,42,52)(H,43,45)(H,44,51)(H,47,48)/t17-,18+,19+,28?/m0/s1. The van der Waals surface area contributed by atoms with Crippen molar-refractivity contribution in [2.75, 3.05) is 28.2 Å². The van der Waals surface area contributed by atoms with Crippen molar-refractivity contribution in [3.8, 4) is 11.1 Å². The van der Waals surface area contributed by atoms with Crippen molar-refractivity contribution in [2.45, 2.75) is 43.1 Å². The monoisotopic (exact) mass is 807 g/mol. The first-order valence-electron chi connectivity index (χ1n) is 16.6. The Kier molecular flexibility index (Phi) is 8.37. The number of hydrogen-bond donors (Lipinski definition) is 4. The number of aryl methyl sites for hydroxylation is 1. The third-order valence-electron chi connectivity index (χ3n) is 10.0. The van der Waals surface area contributed by atoms with Crippen LogP contribution in [0.1, 0.15) is 58.9 Å². The topological polar surface area (TPSA) is 179 Å². The van der Waals surface area contributed by atoms with Crippen LogP contribution in [0.15, 0.2) is 36.4 Å². The van der Waals surface area contributed by atoms with E-state index in [1.54, 1.807) is 0 Å². The Hall–Kier alpha value is -5.37. The second-order valence-electron chi connectivity index (χ2n) is 13.8. The highest BCUT2D eigenvalue weighted by Gasteiger charge is 2.67. The van der Waals surface area contributed by atoms with Crippen LogP contribution in [0.25, 0.3) is 22.0 Å². The number of sulfonamides is 1. The average Bonchev–Trinajstić information content (AvgIpc) is 3.61. The molecule has 1 fully saturated rings. The molecule has 21 heteroatoms. The number of nitrogens with zero attached hydrogens (tertiary/aromatic N) is 5. The van der Waals surface area contributed by atoms with E-state index in [2.05, 4.69) is 25.6 Å². The molecule has 1 saturated carbocycles. The molecule has 2 aliphatic carbocycles. The number of nitrogens with one attached hydrogen (secondary N) is 3. The Morgan fingerprint density at radius 2 is 1.82 bits per heavy atom. The van der Waals surface area contributed by atoms with E-state index in [9.17, 15) is 35.6 Å². The maximum atomic E-state index is 16.0. The quantitative estimate of drug-likeness (QED) is 0.130. The molecule has 0 bridgehead atoms. The maximum Gasteiger partial charge on any atom is 0.293 e. The molecule has 3 aromatic heterocycles. The number of carbonyl (C=O) groups excluding carboxylic acids is 2. The molecule has 1 aliphatic heterocycles. The third-order valence-corrected chi connectivity index (χ3v) is 10.9. The molecule has 13 nitrogen and oxygen atoms in total. The Morgan fingerprint density at radius 3 is 2.47 bits per heavy atom. The lowest BCUT2D eigenvalue weighted by Gasteiger charge is -2.31. The zero-order valence-electron chi connectivity index (χ0n) is 28.5. The van der Waals surface area contributed by atoms with Crippen LogP contribution in [0.3, 0.4) is 0 Å². The summed E-state index contributed by atoms with van der Waals surface area (Å²) in [6.45, 7) is -0.259. The first-order valence-corrected chi connectivity index (χ1v) is 18.9. The summed E-state index contributed by atoms with van der Waals surface area (Å²) in [4.78, 5) is 31.0. The summed E-state index contributed by atoms with van der Waals surface area (Å²) in [6.07, 6.45) is -3.01. The highest BCUT2D eigenvalue weighted by Crippen LogP contribution is 2.68. The molecule has 0 radical (unpaired) electrons. The molecular weight excluding hydrogens is 780 g/mol. The molecule has 2 amide bonds. The maximum absolute atomic E-state index is 16.0. The van der Waals surface area contributed by atoms with Crippen molar-refractivity contribution in [1.29, 1.82) is 0 Å². The van der Waals surface area contributed by atoms with E-state index in [1.165, 1.54) is 29.9 Å². The number of nitrogens with two attached hydrogens (primary N) is 1. The number of fused-ring (bicyclic) bond motifs is 5. The van der Waals surface area contributed by atoms with Gasteiger partial charge in [0.2, 0.25) is 21.8 Å². The molecule has 4 heterocycles. The largest absolute Gasteiger partial charge is 0.368 e. The van der Waals surface area contributed by atoms with Gasteiger partial charge in [0.15, 0.2) is 11.6 Å². The summed E-state index contributed by atoms with van der Waals surface area (Å²) in [7, 11) is -2.42. The molecule has 3 aliphatic rings. The zero-order chi connectivity index (χ0) is 39.5. The summed E-state index contributed by atoms with van der Waals surface area (Å²) in [6, 6.07) is 4.78. The molecule has 1 unspecified atom stereocenters. The summed E-state index contributed by atoms with van der Waals surface area (Å²) < 4.78 is 119. The summed E-state index contributed by atoms with van der Waals surface area (Å²) in [5.74, 6) is -11.4. The van der Waals surface area contributed by atoms with Gasteiger partial charge in [-0.1, -0.05) is 17.7 Å². The van der Waals surface area contributed by atoms with Gasteiger partial charge in [0.05, 0.1) is 40.1 Å². The Labute approximate surface area is 312 Å². The van der Waals surface area contributed by atoms with Crippen LogP contribution in [0, 0.1) is 17.6 Å². The van der Waals surface area contributed by atoms with Crippen molar-refractivity contribution < 1.29 is 44.3 Å². The smallest absolute Gasteiger partial charge is 0.293 e. The number of primary amides is 1. The van der Waals surface area contributed by atoms with Gasteiger partial charge >= 0.3 is 0 Å². The van der Waals surface area contributed by atoms with Crippen LogP contribution < -0.4 is 21.1 Å². The predicted octanol–water partition coefficient (Wildman–Crippen LogP) is 5.70. The first kappa shape index (κ1) is 36.6. The molecule has 4 atom stereocenters. The zero-order valence-corrected chi connectivity index (χ0v) is 30.0. The van der Waals surface area contributed by atoms with Crippen LogP contribution in [0.4, 0.5) is 43.7 Å². The molecule has 2 aromatic carbocycles. The summed E-state index contributed by atoms with van der Waals surface area (Å²) in [5.41, 5.74) is 4.12. The minimum Gasteiger partial charge on any atom is -0.368 e. The van der Waals surface area contributed by atoms with Gasteiger partial charge in [-0.25, -0.2) is 35.6 Å². The number of amides is 2. The van der Waals surface area contributed by atoms with E-state index < -0.39 is 87.4 Å². The lowest BCUT2D eigenvalue weighted by atomic mass is 9.83. The second kappa shape index (κ2) is 12.6. The van der Waals surface area contributed by atoms with E-state index in [0.717, 1.165) is 18.4 Å². The number of anilines is 3. The van der Waals surface area contributed by atoms with Crippen molar-refractivity contribution in [3.63, 3.8) is 0 Å². The average molecular weight is 808 g/mol.